The maximum atomic E-state index is 13.5. The summed E-state index contributed by atoms with van der Waals surface area (Å²) in [5.41, 5.74) is 1.12. The predicted molar refractivity (Wildman–Crippen MR) is 66.9 cm³/mol. The van der Waals surface area contributed by atoms with E-state index in [1.807, 2.05) is 12.3 Å². The molecule has 1 atom stereocenters. The summed E-state index contributed by atoms with van der Waals surface area (Å²) in [7, 11) is 0. The van der Waals surface area contributed by atoms with Gasteiger partial charge in [0.2, 0.25) is 0 Å². The first-order valence-electron chi connectivity index (χ1n) is 5.10. The normalized spacial score (nSPS) is 12.7. The molecule has 0 radical (unpaired) electrons. The Bertz CT molecular complexity index is 529. The van der Waals surface area contributed by atoms with E-state index >= 15 is 0 Å². The number of aliphatic hydroxyl groups is 1. The van der Waals surface area contributed by atoms with E-state index in [1.165, 1.54) is 29.5 Å². The van der Waals surface area contributed by atoms with Crippen molar-refractivity contribution in [3.8, 4) is 0 Å². The molecular formula is C12H11ClFNOS. The lowest BCUT2D eigenvalue weighted by molar-refractivity contribution is 0.173. The van der Waals surface area contributed by atoms with Gasteiger partial charge in [-0.1, -0.05) is 11.6 Å². The topological polar surface area (TPSA) is 33.1 Å². The van der Waals surface area contributed by atoms with Gasteiger partial charge in [0.1, 0.15) is 5.82 Å². The molecule has 0 saturated heterocycles. The van der Waals surface area contributed by atoms with Crippen LogP contribution in [0.1, 0.15) is 22.4 Å². The lowest BCUT2D eigenvalue weighted by atomic mass is 10.1. The van der Waals surface area contributed by atoms with E-state index in [9.17, 15) is 9.50 Å². The number of hydrogen-bond acceptors (Lipinski definition) is 3. The number of rotatable bonds is 3. The smallest absolute Gasteiger partial charge is 0.129 e. The largest absolute Gasteiger partial charge is 0.388 e. The van der Waals surface area contributed by atoms with E-state index in [0.29, 0.717) is 11.4 Å². The van der Waals surface area contributed by atoms with Crippen LogP contribution in [0.2, 0.25) is 5.02 Å². The fraction of sp³-hybridized carbons (Fsp3) is 0.250. The van der Waals surface area contributed by atoms with Gasteiger partial charge in [0, 0.05) is 28.1 Å². The van der Waals surface area contributed by atoms with Crippen LogP contribution in [0.4, 0.5) is 4.39 Å². The molecule has 0 fully saturated rings. The van der Waals surface area contributed by atoms with E-state index in [1.54, 1.807) is 0 Å². The van der Waals surface area contributed by atoms with E-state index in [2.05, 4.69) is 4.98 Å². The van der Waals surface area contributed by atoms with E-state index in [4.69, 9.17) is 11.6 Å². The third-order valence-corrected chi connectivity index (χ3v) is 3.58. The van der Waals surface area contributed by atoms with Gasteiger partial charge in [-0.2, -0.15) is 0 Å². The fourth-order valence-electron chi connectivity index (χ4n) is 1.54. The molecule has 0 saturated carbocycles. The molecular weight excluding hydrogens is 261 g/mol. The van der Waals surface area contributed by atoms with Gasteiger partial charge in [0.25, 0.3) is 0 Å². The number of nitrogens with zero attached hydrogens (tertiary/aromatic N) is 1. The Kier molecular flexibility index (Phi) is 3.76. The molecule has 5 heteroatoms. The van der Waals surface area contributed by atoms with Gasteiger partial charge in [-0.3, -0.25) is 0 Å². The number of thiazole rings is 1. The van der Waals surface area contributed by atoms with Crippen LogP contribution in [-0.4, -0.2) is 10.1 Å². The number of benzene rings is 1. The van der Waals surface area contributed by atoms with E-state index in [-0.39, 0.29) is 5.56 Å². The van der Waals surface area contributed by atoms with Crippen LogP contribution in [0.5, 0.6) is 0 Å². The minimum absolute atomic E-state index is 0.213. The van der Waals surface area contributed by atoms with Gasteiger partial charge in [-0.25, -0.2) is 9.37 Å². The monoisotopic (exact) mass is 271 g/mol. The van der Waals surface area contributed by atoms with Crippen LogP contribution in [0.3, 0.4) is 0 Å². The summed E-state index contributed by atoms with van der Waals surface area (Å²) in [5.74, 6) is -0.449. The Hall–Kier alpha value is -0.970. The third-order valence-electron chi connectivity index (χ3n) is 2.35. The van der Waals surface area contributed by atoms with Gasteiger partial charge >= 0.3 is 0 Å². The van der Waals surface area contributed by atoms with E-state index < -0.39 is 11.9 Å². The standard InChI is InChI=1S/C12H11ClFNOS/c1-7-6-17-12(15-7)5-11(16)9-4-8(13)2-3-10(9)14/h2-4,6,11,16H,5H2,1H3. The van der Waals surface area contributed by atoms with Crippen molar-refractivity contribution in [2.75, 3.05) is 0 Å². The van der Waals surface area contributed by atoms with Gasteiger partial charge in [-0.15, -0.1) is 11.3 Å². The lowest BCUT2D eigenvalue weighted by Crippen LogP contribution is -2.04. The van der Waals surface area contributed by atoms with Crippen molar-refractivity contribution in [2.24, 2.45) is 0 Å². The number of aliphatic hydroxyl groups excluding tert-OH is 1. The second-order valence-electron chi connectivity index (χ2n) is 3.77. The maximum Gasteiger partial charge on any atom is 0.129 e. The zero-order valence-electron chi connectivity index (χ0n) is 9.15. The summed E-state index contributed by atoms with van der Waals surface area (Å²) in [4.78, 5) is 4.23. The minimum Gasteiger partial charge on any atom is -0.388 e. The molecule has 0 spiro atoms. The summed E-state index contributed by atoms with van der Waals surface area (Å²) in [6.45, 7) is 1.88. The molecule has 0 amide bonds. The summed E-state index contributed by atoms with van der Waals surface area (Å²) < 4.78 is 13.5. The first-order chi connectivity index (χ1) is 8.06. The highest BCUT2D eigenvalue weighted by Gasteiger charge is 2.15. The highest BCUT2D eigenvalue weighted by Crippen LogP contribution is 2.25. The molecule has 2 rings (SSSR count). The Balaban J connectivity index is 2.19. The molecule has 2 aromatic rings. The molecule has 1 aromatic heterocycles. The fourth-order valence-corrected chi connectivity index (χ4v) is 2.53. The van der Waals surface area contributed by atoms with Crippen LogP contribution in [0.15, 0.2) is 23.6 Å². The Morgan fingerprint density at radius 2 is 2.29 bits per heavy atom. The van der Waals surface area contributed by atoms with Crippen LogP contribution in [-0.2, 0) is 6.42 Å². The predicted octanol–water partition coefficient (Wildman–Crippen LogP) is 3.52. The van der Waals surface area contributed by atoms with Gasteiger partial charge < -0.3 is 5.11 Å². The number of aromatic nitrogens is 1. The van der Waals surface area contributed by atoms with Crippen molar-refractivity contribution in [1.29, 1.82) is 0 Å². The molecule has 2 nitrogen and oxygen atoms in total. The number of aryl methyl sites for hydroxylation is 1. The first-order valence-corrected chi connectivity index (χ1v) is 6.36. The van der Waals surface area contributed by atoms with Crippen molar-refractivity contribution in [2.45, 2.75) is 19.4 Å². The summed E-state index contributed by atoms with van der Waals surface area (Å²) in [6, 6.07) is 4.16. The molecule has 1 aromatic carbocycles. The average molecular weight is 272 g/mol. The van der Waals surface area contributed by atoms with Crippen molar-refractivity contribution < 1.29 is 9.50 Å². The zero-order chi connectivity index (χ0) is 12.4. The second kappa shape index (κ2) is 5.12. The first kappa shape index (κ1) is 12.5. The van der Waals surface area contributed by atoms with Crippen LogP contribution in [0.25, 0.3) is 0 Å². The van der Waals surface area contributed by atoms with Crippen molar-refractivity contribution >= 4 is 22.9 Å². The van der Waals surface area contributed by atoms with Crippen LogP contribution in [0, 0.1) is 12.7 Å². The summed E-state index contributed by atoms with van der Waals surface area (Å²) in [5, 5.41) is 13.1. The number of halogens is 2. The average Bonchev–Trinajstić information content (AvgIpc) is 2.67. The zero-order valence-corrected chi connectivity index (χ0v) is 10.7. The molecule has 0 aliphatic carbocycles. The molecule has 0 bridgehead atoms. The van der Waals surface area contributed by atoms with Gasteiger partial charge in [-0.05, 0) is 25.1 Å². The van der Waals surface area contributed by atoms with Gasteiger partial charge in [0.05, 0.1) is 11.1 Å². The molecule has 17 heavy (non-hydrogen) atoms. The Morgan fingerprint density at radius 1 is 1.53 bits per heavy atom. The molecule has 0 aliphatic rings. The maximum absolute atomic E-state index is 13.5. The molecule has 1 heterocycles. The minimum atomic E-state index is -0.917. The highest BCUT2D eigenvalue weighted by molar-refractivity contribution is 7.09. The molecule has 90 valence electrons. The summed E-state index contributed by atoms with van der Waals surface area (Å²) >= 11 is 7.23. The van der Waals surface area contributed by atoms with Crippen molar-refractivity contribution in [3.63, 3.8) is 0 Å². The second-order valence-corrected chi connectivity index (χ2v) is 5.15. The lowest BCUT2D eigenvalue weighted by Gasteiger charge is -2.10. The van der Waals surface area contributed by atoms with Crippen LogP contribution < -0.4 is 0 Å². The Morgan fingerprint density at radius 3 is 2.94 bits per heavy atom. The SMILES string of the molecule is Cc1csc(CC(O)c2cc(Cl)ccc2F)n1. The molecule has 1 N–H and O–H groups in total. The third kappa shape index (κ3) is 3.03. The highest BCUT2D eigenvalue weighted by atomic mass is 35.5. The van der Waals surface area contributed by atoms with E-state index in [0.717, 1.165) is 10.7 Å². The quantitative estimate of drug-likeness (QED) is 0.927. The Labute approximate surface area is 108 Å². The van der Waals surface area contributed by atoms with Crippen molar-refractivity contribution in [1.82, 2.24) is 4.98 Å². The summed E-state index contributed by atoms with van der Waals surface area (Å²) in [6.07, 6.45) is -0.616. The van der Waals surface area contributed by atoms with Crippen LogP contribution >= 0.6 is 22.9 Å². The number of hydrogen-bond donors (Lipinski definition) is 1. The van der Waals surface area contributed by atoms with Crippen molar-refractivity contribution in [3.05, 3.63) is 50.7 Å². The molecule has 0 aliphatic heterocycles. The molecule has 1 unspecified atom stereocenters. The van der Waals surface area contributed by atoms with Gasteiger partial charge in [0.15, 0.2) is 0 Å².